The number of nitrogens with zero attached hydrogens (tertiary/aromatic N) is 3. The first-order valence-corrected chi connectivity index (χ1v) is 10.9. The number of ether oxygens (including phenoxy) is 1. The van der Waals surface area contributed by atoms with Crippen LogP contribution in [0.15, 0.2) is 73.1 Å². The summed E-state index contributed by atoms with van der Waals surface area (Å²) in [4.78, 5) is 30.9. The molecule has 4 aromatic rings. The number of hydrogen-bond acceptors (Lipinski definition) is 4. The van der Waals surface area contributed by atoms with Crippen molar-refractivity contribution >= 4 is 28.8 Å². The monoisotopic (exact) mass is 440 g/mol. The minimum absolute atomic E-state index is 0.144. The summed E-state index contributed by atoms with van der Waals surface area (Å²) in [7, 11) is 0. The van der Waals surface area contributed by atoms with Crippen molar-refractivity contribution in [2.75, 3.05) is 16.8 Å². The van der Waals surface area contributed by atoms with E-state index in [9.17, 15) is 9.59 Å². The summed E-state index contributed by atoms with van der Waals surface area (Å²) in [5, 5.41) is 2.89. The molecule has 7 heteroatoms. The summed E-state index contributed by atoms with van der Waals surface area (Å²) < 4.78 is 7.83. The lowest BCUT2D eigenvalue weighted by Crippen LogP contribution is -2.23. The Balaban J connectivity index is 1.18. The number of anilines is 2. The van der Waals surface area contributed by atoms with Gasteiger partial charge in [0.05, 0.1) is 5.69 Å². The van der Waals surface area contributed by atoms with Crippen molar-refractivity contribution in [3.63, 3.8) is 0 Å². The van der Waals surface area contributed by atoms with Gasteiger partial charge in [-0.3, -0.25) is 9.59 Å². The van der Waals surface area contributed by atoms with E-state index < -0.39 is 0 Å². The summed E-state index contributed by atoms with van der Waals surface area (Å²) in [6.45, 7) is 3.12. The third-order valence-electron chi connectivity index (χ3n) is 5.74. The molecule has 1 N–H and O–H groups in total. The Kier molecular flexibility index (Phi) is 5.52. The quantitative estimate of drug-likeness (QED) is 0.475. The lowest BCUT2D eigenvalue weighted by molar-refractivity contribution is -0.117. The average molecular weight is 441 g/mol. The molecule has 0 spiro atoms. The van der Waals surface area contributed by atoms with Crippen molar-refractivity contribution in [3.8, 4) is 5.75 Å². The van der Waals surface area contributed by atoms with Gasteiger partial charge in [0, 0.05) is 42.3 Å². The molecule has 1 saturated heterocycles. The zero-order chi connectivity index (χ0) is 22.8. The van der Waals surface area contributed by atoms with E-state index in [1.165, 1.54) is 0 Å². The van der Waals surface area contributed by atoms with Gasteiger partial charge in [0.2, 0.25) is 5.91 Å². The molecule has 1 aliphatic heterocycles. The van der Waals surface area contributed by atoms with Gasteiger partial charge in [-0.1, -0.05) is 6.07 Å². The molecule has 0 radical (unpaired) electrons. The van der Waals surface area contributed by atoms with E-state index in [2.05, 4.69) is 10.3 Å². The number of aromatic nitrogens is 2. The molecule has 2 amide bonds. The number of imidazole rings is 1. The molecule has 1 fully saturated rings. The van der Waals surface area contributed by atoms with Gasteiger partial charge in [-0.25, -0.2) is 4.98 Å². The van der Waals surface area contributed by atoms with Crippen LogP contribution in [0.2, 0.25) is 0 Å². The average Bonchev–Trinajstić information content (AvgIpc) is 3.45. The summed E-state index contributed by atoms with van der Waals surface area (Å²) in [6.07, 6.45) is 5.40. The second kappa shape index (κ2) is 8.78. The fourth-order valence-electron chi connectivity index (χ4n) is 3.98. The predicted molar refractivity (Wildman–Crippen MR) is 127 cm³/mol. The standard InChI is InChI=1S/C26H24N4O3/c1-18-4-2-14-29-16-21(27-25(18)29)17-33-23-12-6-19(7-13-23)26(32)28-20-8-10-22(11-9-20)30-15-3-5-24(30)31/h2,4,6-14,16H,3,5,15,17H2,1H3,(H,28,32). The van der Waals surface area contributed by atoms with Crippen LogP contribution in [0.3, 0.4) is 0 Å². The SMILES string of the molecule is Cc1cccn2cc(COc3ccc(C(=O)Nc4ccc(N5CCCC5=O)cc4)cc3)nc12. The second-order valence-electron chi connectivity index (χ2n) is 8.12. The summed E-state index contributed by atoms with van der Waals surface area (Å²) >= 11 is 0. The van der Waals surface area contributed by atoms with E-state index in [1.54, 1.807) is 29.2 Å². The molecule has 0 atom stereocenters. The fourth-order valence-corrected chi connectivity index (χ4v) is 3.98. The lowest BCUT2D eigenvalue weighted by Gasteiger charge is -2.16. The molecular weight excluding hydrogens is 416 g/mol. The Bertz CT molecular complexity index is 1310. The van der Waals surface area contributed by atoms with Crippen LogP contribution in [0.4, 0.5) is 11.4 Å². The largest absolute Gasteiger partial charge is 0.487 e. The highest BCUT2D eigenvalue weighted by Gasteiger charge is 2.21. The smallest absolute Gasteiger partial charge is 0.255 e. The highest BCUT2D eigenvalue weighted by atomic mass is 16.5. The van der Waals surface area contributed by atoms with Crippen LogP contribution in [0, 0.1) is 6.92 Å². The molecule has 166 valence electrons. The first-order chi connectivity index (χ1) is 16.1. The number of rotatable bonds is 6. The maximum atomic E-state index is 12.6. The van der Waals surface area contributed by atoms with Gasteiger partial charge < -0.3 is 19.4 Å². The van der Waals surface area contributed by atoms with Crippen molar-refractivity contribution in [1.82, 2.24) is 9.38 Å². The van der Waals surface area contributed by atoms with Gasteiger partial charge in [0.25, 0.3) is 5.91 Å². The highest BCUT2D eigenvalue weighted by molar-refractivity contribution is 6.04. The third-order valence-corrected chi connectivity index (χ3v) is 5.74. The number of benzene rings is 2. The van der Waals surface area contributed by atoms with Crippen molar-refractivity contribution in [1.29, 1.82) is 0 Å². The zero-order valence-corrected chi connectivity index (χ0v) is 18.3. The maximum Gasteiger partial charge on any atom is 0.255 e. The summed E-state index contributed by atoms with van der Waals surface area (Å²) in [5.41, 5.74) is 4.94. The molecule has 0 saturated carbocycles. The van der Waals surface area contributed by atoms with Crippen LogP contribution in [-0.4, -0.2) is 27.7 Å². The van der Waals surface area contributed by atoms with Crippen molar-refractivity contribution in [2.24, 2.45) is 0 Å². The van der Waals surface area contributed by atoms with Crippen molar-refractivity contribution in [2.45, 2.75) is 26.4 Å². The fraction of sp³-hybridized carbons (Fsp3) is 0.192. The second-order valence-corrected chi connectivity index (χ2v) is 8.12. The summed E-state index contributed by atoms with van der Waals surface area (Å²) in [6, 6.07) is 18.4. The Morgan fingerprint density at radius 2 is 1.88 bits per heavy atom. The Morgan fingerprint density at radius 1 is 1.09 bits per heavy atom. The van der Waals surface area contributed by atoms with Crippen LogP contribution in [0.25, 0.3) is 5.65 Å². The number of fused-ring (bicyclic) bond motifs is 1. The predicted octanol–water partition coefficient (Wildman–Crippen LogP) is 4.60. The molecule has 0 aliphatic carbocycles. The van der Waals surface area contributed by atoms with Gasteiger partial charge in [0.15, 0.2) is 0 Å². The summed E-state index contributed by atoms with van der Waals surface area (Å²) in [5.74, 6) is 0.604. The van der Waals surface area contributed by atoms with Crippen LogP contribution in [0.1, 0.15) is 34.5 Å². The van der Waals surface area contributed by atoms with Crippen LogP contribution < -0.4 is 15.0 Å². The van der Waals surface area contributed by atoms with Crippen LogP contribution in [-0.2, 0) is 11.4 Å². The Morgan fingerprint density at radius 3 is 2.58 bits per heavy atom. The third kappa shape index (κ3) is 4.43. The number of amides is 2. The lowest BCUT2D eigenvalue weighted by atomic mass is 10.2. The van der Waals surface area contributed by atoms with Gasteiger partial charge in [0.1, 0.15) is 18.0 Å². The topological polar surface area (TPSA) is 75.9 Å². The van der Waals surface area contributed by atoms with Gasteiger partial charge in [-0.15, -0.1) is 0 Å². The van der Waals surface area contributed by atoms with Crippen LogP contribution in [0.5, 0.6) is 5.75 Å². The molecule has 5 rings (SSSR count). The number of carbonyl (C=O) groups excluding carboxylic acids is 2. The van der Waals surface area contributed by atoms with Crippen molar-refractivity contribution in [3.05, 3.63) is 89.9 Å². The van der Waals surface area contributed by atoms with Gasteiger partial charge in [-0.05, 0) is 73.5 Å². The number of hydrogen-bond donors (Lipinski definition) is 1. The number of aryl methyl sites for hydroxylation is 1. The van der Waals surface area contributed by atoms with E-state index in [1.807, 2.05) is 60.1 Å². The van der Waals surface area contributed by atoms with E-state index in [0.29, 0.717) is 30.0 Å². The molecule has 33 heavy (non-hydrogen) atoms. The normalized spacial score (nSPS) is 13.5. The minimum atomic E-state index is -0.206. The Labute approximate surface area is 191 Å². The molecule has 1 aliphatic rings. The van der Waals surface area contributed by atoms with E-state index in [0.717, 1.165) is 35.6 Å². The van der Waals surface area contributed by atoms with Crippen molar-refractivity contribution < 1.29 is 14.3 Å². The molecule has 2 aromatic carbocycles. The van der Waals surface area contributed by atoms with Gasteiger partial charge >= 0.3 is 0 Å². The first-order valence-electron chi connectivity index (χ1n) is 10.9. The maximum absolute atomic E-state index is 12.6. The van der Waals surface area contributed by atoms with Gasteiger partial charge in [-0.2, -0.15) is 0 Å². The zero-order valence-electron chi connectivity index (χ0n) is 18.3. The molecule has 0 unspecified atom stereocenters. The Hall–Kier alpha value is -4.13. The number of nitrogens with one attached hydrogen (secondary N) is 1. The molecule has 2 aromatic heterocycles. The molecule has 3 heterocycles. The molecular formula is C26H24N4O3. The van der Waals surface area contributed by atoms with E-state index >= 15 is 0 Å². The minimum Gasteiger partial charge on any atom is -0.487 e. The van der Waals surface area contributed by atoms with Crippen LogP contribution >= 0.6 is 0 Å². The van der Waals surface area contributed by atoms with E-state index in [4.69, 9.17) is 4.74 Å². The van der Waals surface area contributed by atoms with E-state index in [-0.39, 0.29) is 11.8 Å². The number of carbonyl (C=O) groups is 2. The highest BCUT2D eigenvalue weighted by Crippen LogP contribution is 2.23. The first kappa shape index (κ1) is 20.8. The number of pyridine rings is 1. The molecule has 7 nitrogen and oxygen atoms in total. The molecule has 0 bridgehead atoms.